The van der Waals surface area contributed by atoms with Crippen LogP contribution >= 0.6 is 0 Å². The monoisotopic (exact) mass is 256 g/mol. The third-order valence-electron chi connectivity index (χ3n) is 3.01. The van der Waals surface area contributed by atoms with Crippen LogP contribution in [0.5, 0.6) is 5.75 Å². The van der Waals surface area contributed by atoms with E-state index in [1.165, 1.54) is 7.11 Å². The van der Waals surface area contributed by atoms with Crippen LogP contribution < -0.4 is 4.74 Å². The van der Waals surface area contributed by atoms with Crippen LogP contribution in [0, 0.1) is 6.92 Å². The molecule has 0 aromatic heterocycles. The maximum absolute atomic E-state index is 11.5. The van der Waals surface area contributed by atoms with Crippen LogP contribution in [0.3, 0.4) is 0 Å². The summed E-state index contributed by atoms with van der Waals surface area (Å²) >= 11 is 0. The van der Waals surface area contributed by atoms with E-state index >= 15 is 0 Å². The first-order chi connectivity index (χ1) is 9.15. The summed E-state index contributed by atoms with van der Waals surface area (Å²) in [5.74, 6) is 0.528. The highest BCUT2D eigenvalue weighted by atomic mass is 16.5. The minimum Gasteiger partial charge on any atom is -0.496 e. The van der Waals surface area contributed by atoms with Gasteiger partial charge in [-0.25, -0.2) is 4.79 Å². The molecular formula is C16H16O3. The topological polar surface area (TPSA) is 35.5 Å². The summed E-state index contributed by atoms with van der Waals surface area (Å²) in [6.07, 6.45) is 0. The molecule has 0 saturated heterocycles. The van der Waals surface area contributed by atoms with Crippen LogP contribution in [-0.2, 0) is 4.74 Å². The Hall–Kier alpha value is -2.29. The van der Waals surface area contributed by atoms with Crippen molar-refractivity contribution in [3.63, 3.8) is 0 Å². The summed E-state index contributed by atoms with van der Waals surface area (Å²) < 4.78 is 9.97. The predicted octanol–water partition coefficient (Wildman–Crippen LogP) is 3.46. The van der Waals surface area contributed by atoms with E-state index in [4.69, 9.17) is 9.47 Å². The van der Waals surface area contributed by atoms with Gasteiger partial charge < -0.3 is 9.47 Å². The lowest BCUT2D eigenvalue weighted by molar-refractivity contribution is 0.0601. The van der Waals surface area contributed by atoms with Gasteiger partial charge in [-0.05, 0) is 47.9 Å². The van der Waals surface area contributed by atoms with E-state index in [9.17, 15) is 4.79 Å². The summed E-state index contributed by atoms with van der Waals surface area (Å²) in [5, 5.41) is 0. The number of aryl methyl sites for hydroxylation is 1. The van der Waals surface area contributed by atoms with Crippen molar-refractivity contribution in [3.05, 3.63) is 53.6 Å². The summed E-state index contributed by atoms with van der Waals surface area (Å²) in [6, 6.07) is 13.3. The Kier molecular flexibility index (Phi) is 3.85. The molecule has 0 aliphatic rings. The molecule has 0 amide bonds. The quantitative estimate of drug-likeness (QED) is 0.789. The van der Waals surface area contributed by atoms with Crippen molar-refractivity contribution in [3.8, 4) is 16.9 Å². The molecule has 3 nitrogen and oxygen atoms in total. The fourth-order valence-corrected chi connectivity index (χ4v) is 2.00. The number of carbonyl (C=O) groups excluding carboxylic acids is 1. The maximum Gasteiger partial charge on any atom is 0.337 e. The van der Waals surface area contributed by atoms with Crippen LogP contribution in [0.1, 0.15) is 15.9 Å². The smallest absolute Gasteiger partial charge is 0.337 e. The molecule has 0 atom stereocenters. The van der Waals surface area contributed by atoms with Crippen molar-refractivity contribution < 1.29 is 14.3 Å². The van der Waals surface area contributed by atoms with E-state index in [1.54, 1.807) is 13.2 Å². The number of benzene rings is 2. The average Bonchev–Trinajstić information content (AvgIpc) is 2.46. The van der Waals surface area contributed by atoms with Gasteiger partial charge in [-0.15, -0.1) is 0 Å². The molecule has 0 fully saturated rings. The third kappa shape index (κ3) is 2.76. The Morgan fingerprint density at radius 1 is 1.00 bits per heavy atom. The zero-order valence-corrected chi connectivity index (χ0v) is 11.3. The summed E-state index contributed by atoms with van der Waals surface area (Å²) in [7, 11) is 3.03. The highest BCUT2D eigenvalue weighted by Crippen LogP contribution is 2.26. The van der Waals surface area contributed by atoms with Crippen LogP contribution in [0.4, 0.5) is 0 Å². The minimum absolute atomic E-state index is 0.327. The van der Waals surface area contributed by atoms with Crippen molar-refractivity contribution >= 4 is 5.97 Å². The third-order valence-corrected chi connectivity index (χ3v) is 3.01. The number of carbonyl (C=O) groups is 1. The molecule has 0 bridgehead atoms. The zero-order valence-electron chi connectivity index (χ0n) is 11.3. The molecule has 0 unspecified atom stereocenters. The van der Waals surface area contributed by atoms with Gasteiger partial charge in [0.15, 0.2) is 0 Å². The first-order valence-corrected chi connectivity index (χ1v) is 5.99. The van der Waals surface area contributed by atoms with Crippen LogP contribution in [0.2, 0.25) is 0 Å². The average molecular weight is 256 g/mol. The van der Waals surface area contributed by atoms with E-state index in [-0.39, 0.29) is 5.97 Å². The highest BCUT2D eigenvalue weighted by Gasteiger charge is 2.07. The molecule has 0 aliphatic carbocycles. The number of hydrogen-bond donors (Lipinski definition) is 0. The van der Waals surface area contributed by atoms with Gasteiger partial charge in [0.05, 0.1) is 19.8 Å². The Bertz CT molecular complexity index is 603. The highest BCUT2D eigenvalue weighted by molar-refractivity contribution is 5.91. The number of methoxy groups -OCH3 is 2. The molecule has 0 radical (unpaired) electrons. The number of rotatable bonds is 3. The summed E-state index contributed by atoms with van der Waals surface area (Å²) in [5.41, 5.74) is 3.63. The number of hydrogen-bond acceptors (Lipinski definition) is 3. The molecule has 0 saturated carbocycles. The van der Waals surface area contributed by atoms with E-state index in [1.807, 2.05) is 43.3 Å². The van der Waals surface area contributed by atoms with Crippen molar-refractivity contribution in [2.75, 3.05) is 14.2 Å². The van der Waals surface area contributed by atoms with Gasteiger partial charge in [0.2, 0.25) is 0 Å². The second-order valence-electron chi connectivity index (χ2n) is 4.26. The molecule has 2 rings (SSSR count). The molecular weight excluding hydrogens is 240 g/mol. The Morgan fingerprint density at radius 3 is 2.37 bits per heavy atom. The molecule has 0 aliphatic heterocycles. The van der Waals surface area contributed by atoms with Crippen molar-refractivity contribution in [2.45, 2.75) is 6.92 Å². The van der Waals surface area contributed by atoms with Crippen LogP contribution in [-0.4, -0.2) is 20.2 Å². The molecule has 2 aromatic rings. The second kappa shape index (κ2) is 5.57. The largest absolute Gasteiger partial charge is 0.496 e. The van der Waals surface area contributed by atoms with Gasteiger partial charge in [-0.1, -0.05) is 18.2 Å². The van der Waals surface area contributed by atoms with E-state index < -0.39 is 0 Å². The van der Waals surface area contributed by atoms with E-state index in [2.05, 4.69) is 0 Å². The van der Waals surface area contributed by atoms with Gasteiger partial charge in [0.25, 0.3) is 0 Å². The number of esters is 1. The SMILES string of the molecule is COC(=O)c1cccc(-c2ccc(OC)c(C)c2)c1. The van der Waals surface area contributed by atoms with Gasteiger partial charge >= 0.3 is 5.97 Å². The number of ether oxygens (including phenoxy) is 2. The molecule has 3 heteroatoms. The zero-order chi connectivity index (χ0) is 13.8. The van der Waals surface area contributed by atoms with Crippen molar-refractivity contribution in [1.82, 2.24) is 0 Å². The Balaban J connectivity index is 2.41. The lowest BCUT2D eigenvalue weighted by Gasteiger charge is -2.08. The van der Waals surface area contributed by atoms with E-state index in [0.717, 1.165) is 22.4 Å². The lowest BCUT2D eigenvalue weighted by Crippen LogP contribution is -2.00. The van der Waals surface area contributed by atoms with Gasteiger partial charge in [-0.3, -0.25) is 0 Å². The van der Waals surface area contributed by atoms with Gasteiger partial charge in [0, 0.05) is 0 Å². The fourth-order valence-electron chi connectivity index (χ4n) is 2.00. The molecule has 0 N–H and O–H groups in total. The first-order valence-electron chi connectivity index (χ1n) is 5.99. The van der Waals surface area contributed by atoms with Crippen LogP contribution in [0.25, 0.3) is 11.1 Å². The lowest BCUT2D eigenvalue weighted by atomic mass is 10.0. The standard InChI is InChI=1S/C16H16O3/c1-11-9-13(7-8-15(11)18-2)12-5-4-6-14(10-12)16(17)19-3/h4-10H,1-3H3. The van der Waals surface area contributed by atoms with Gasteiger partial charge in [-0.2, -0.15) is 0 Å². The Morgan fingerprint density at radius 2 is 1.74 bits per heavy atom. The van der Waals surface area contributed by atoms with Crippen molar-refractivity contribution in [2.24, 2.45) is 0 Å². The first kappa shape index (κ1) is 13.1. The normalized spacial score (nSPS) is 10.1. The predicted molar refractivity (Wildman–Crippen MR) is 74.5 cm³/mol. The molecule has 0 spiro atoms. The second-order valence-corrected chi connectivity index (χ2v) is 4.26. The Labute approximate surface area is 112 Å². The molecule has 0 heterocycles. The summed E-state index contributed by atoms with van der Waals surface area (Å²) in [6.45, 7) is 1.99. The minimum atomic E-state index is -0.327. The molecule has 2 aromatic carbocycles. The van der Waals surface area contributed by atoms with Gasteiger partial charge in [0.1, 0.15) is 5.75 Å². The van der Waals surface area contributed by atoms with Crippen molar-refractivity contribution in [1.29, 1.82) is 0 Å². The van der Waals surface area contributed by atoms with E-state index in [0.29, 0.717) is 5.56 Å². The fraction of sp³-hybridized carbons (Fsp3) is 0.188. The summed E-state index contributed by atoms with van der Waals surface area (Å²) in [4.78, 5) is 11.5. The maximum atomic E-state index is 11.5. The molecule has 98 valence electrons. The molecule has 19 heavy (non-hydrogen) atoms. The van der Waals surface area contributed by atoms with Crippen LogP contribution in [0.15, 0.2) is 42.5 Å².